The lowest BCUT2D eigenvalue weighted by atomic mass is 10.0. The van der Waals surface area contributed by atoms with E-state index in [1.54, 1.807) is 44.0 Å². The van der Waals surface area contributed by atoms with Crippen molar-refractivity contribution in [2.24, 2.45) is 5.92 Å². The molecule has 0 spiro atoms. The van der Waals surface area contributed by atoms with Crippen LogP contribution in [-0.2, 0) is 11.2 Å². The van der Waals surface area contributed by atoms with Crippen LogP contribution in [0.5, 0.6) is 5.88 Å². The first-order valence-electron chi connectivity index (χ1n) is 10.1. The molecule has 0 N–H and O–H groups in total. The summed E-state index contributed by atoms with van der Waals surface area (Å²) in [7, 11) is 1.68. The van der Waals surface area contributed by atoms with Crippen molar-refractivity contribution < 1.29 is 23.1 Å². The van der Waals surface area contributed by atoms with Crippen molar-refractivity contribution >= 4 is 11.7 Å². The van der Waals surface area contributed by atoms with Crippen molar-refractivity contribution in [3.8, 4) is 5.88 Å². The number of aryl methyl sites for hydroxylation is 2. The number of carbonyl (C=O) groups is 2. The second kappa shape index (κ2) is 10.4. The smallest absolute Gasteiger partial charge is 0.272 e. The van der Waals surface area contributed by atoms with Crippen molar-refractivity contribution in [1.82, 2.24) is 14.9 Å². The Kier molecular flexibility index (Phi) is 8.19. The fourth-order valence-electron chi connectivity index (χ4n) is 3.04. The summed E-state index contributed by atoms with van der Waals surface area (Å²) in [5.74, 6) is -0.108. The molecule has 1 unspecified atom stereocenters. The van der Waals surface area contributed by atoms with Crippen LogP contribution in [0.1, 0.15) is 59.7 Å². The van der Waals surface area contributed by atoms with Crippen molar-refractivity contribution in [3.63, 3.8) is 0 Å². The normalized spacial score (nSPS) is 12.2. The first-order chi connectivity index (χ1) is 14.5. The van der Waals surface area contributed by atoms with Crippen molar-refractivity contribution in [2.45, 2.75) is 53.5 Å². The third kappa shape index (κ3) is 6.54. The number of amides is 1. The zero-order chi connectivity index (χ0) is 23.3. The average Bonchev–Trinajstić information content (AvgIpc) is 2.70. The Balaban J connectivity index is 2.20. The van der Waals surface area contributed by atoms with Gasteiger partial charge in [0.25, 0.3) is 12.3 Å². The minimum Gasteiger partial charge on any atom is -0.471 e. The van der Waals surface area contributed by atoms with Crippen LogP contribution in [0.15, 0.2) is 24.4 Å². The number of hydrogen-bond acceptors (Lipinski definition) is 5. The summed E-state index contributed by atoms with van der Waals surface area (Å²) < 4.78 is 29.7. The molecule has 168 valence electrons. The van der Waals surface area contributed by atoms with E-state index >= 15 is 0 Å². The molecule has 0 aliphatic heterocycles. The largest absolute Gasteiger partial charge is 0.471 e. The standard InChI is InChI=1S/C23H29F2N3O3/c1-13(2)20(29)10-19-9-17(8-15(4)27-19)23(30)28(6)16(5)18-7-14(3)22(26-11-18)31-12-21(24)25/h7-9,11,13,16,21H,10,12H2,1-6H3. The van der Waals surface area contributed by atoms with Crippen LogP contribution in [0.2, 0.25) is 0 Å². The number of Topliss-reactive ketones (excluding diaryl/α,β-unsaturated/α-hetero) is 1. The van der Waals surface area contributed by atoms with E-state index in [0.29, 0.717) is 22.5 Å². The van der Waals surface area contributed by atoms with E-state index in [4.69, 9.17) is 4.74 Å². The molecule has 6 nitrogen and oxygen atoms in total. The molecule has 8 heteroatoms. The highest BCUT2D eigenvalue weighted by atomic mass is 19.3. The van der Waals surface area contributed by atoms with Crippen molar-refractivity contribution in [2.75, 3.05) is 13.7 Å². The third-order valence-corrected chi connectivity index (χ3v) is 5.03. The van der Waals surface area contributed by atoms with Crippen LogP contribution in [0, 0.1) is 19.8 Å². The highest BCUT2D eigenvalue weighted by Crippen LogP contribution is 2.25. The van der Waals surface area contributed by atoms with E-state index < -0.39 is 13.0 Å². The quantitative estimate of drug-likeness (QED) is 0.588. The van der Waals surface area contributed by atoms with Gasteiger partial charge in [0.05, 0.1) is 6.04 Å². The second-order valence-corrected chi connectivity index (χ2v) is 7.97. The molecule has 0 fully saturated rings. The minimum absolute atomic E-state index is 0.0638. The summed E-state index contributed by atoms with van der Waals surface area (Å²) in [4.78, 5) is 35.3. The zero-order valence-corrected chi connectivity index (χ0v) is 18.8. The Hall–Kier alpha value is -2.90. The van der Waals surface area contributed by atoms with Gasteiger partial charge in [-0.25, -0.2) is 13.8 Å². The number of alkyl halides is 2. The molecule has 2 heterocycles. The number of pyridine rings is 2. The van der Waals surface area contributed by atoms with Gasteiger partial charge in [-0.3, -0.25) is 14.6 Å². The van der Waals surface area contributed by atoms with E-state index in [2.05, 4.69) is 9.97 Å². The monoisotopic (exact) mass is 433 g/mol. The first kappa shape index (κ1) is 24.4. The molecule has 31 heavy (non-hydrogen) atoms. The van der Waals surface area contributed by atoms with Crippen molar-refractivity contribution in [1.29, 1.82) is 0 Å². The highest BCUT2D eigenvalue weighted by Gasteiger charge is 2.22. The van der Waals surface area contributed by atoms with E-state index in [-0.39, 0.29) is 36.0 Å². The number of ether oxygens (including phenoxy) is 1. The summed E-state index contributed by atoms with van der Waals surface area (Å²) in [5.41, 5.74) is 3.05. The molecule has 0 aromatic carbocycles. The Morgan fingerprint density at radius 1 is 1.13 bits per heavy atom. The molecule has 0 saturated carbocycles. The lowest BCUT2D eigenvalue weighted by Gasteiger charge is -2.26. The fourth-order valence-corrected chi connectivity index (χ4v) is 3.04. The van der Waals surface area contributed by atoms with E-state index in [0.717, 1.165) is 5.56 Å². The van der Waals surface area contributed by atoms with E-state index in [1.807, 2.05) is 20.8 Å². The third-order valence-electron chi connectivity index (χ3n) is 5.03. The van der Waals surface area contributed by atoms with Gasteiger partial charge in [0.2, 0.25) is 5.88 Å². The number of carbonyl (C=O) groups excluding carboxylic acids is 2. The molecule has 0 saturated heterocycles. The maximum Gasteiger partial charge on any atom is 0.272 e. The van der Waals surface area contributed by atoms with Crippen LogP contribution in [0.25, 0.3) is 0 Å². The summed E-state index contributed by atoms with van der Waals surface area (Å²) in [5, 5.41) is 0. The first-order valence-corrected chi connectivity index (χ1v) is 10.1. The molecular weight excluding hydrogens is 404 g/mol. The molecule has 2 aromatic heterocycles. The highest BCUT2D eigenvalue weighted by molar-refractivity contribution is 5.95. The zero-order valence-electron chi connectivity index (χ0n) is 18.8. The molecule has 1 atom stereocenters. The van der Waals surface area contributed by atoms with E-state index in [1.165, 1.54) is 6.20 Å². The van der Waals surface area contributed by atoms with Crippen LogP contribution < -0.4 is 4.74 Å². The van der Waals surface area contributed by atoms with E-state index in [9.17, 15) is 18.4 Å². The number of hydrogen-bond donors (Lipinski definition) is 0. The molecule has 0 aliphatic carbocycles. The Labute approximate surface area is 181 Å². The topological polar surface area (TPSA) is 72.4 Å². The van der Waals surface area contributed by atoms with Crippen molar-refractivity contribution in [3.05, 3.63) is 52.5 Å². The summed E-state index contributed by atoms with van der Waals surface area (Å²) in [6.45, 7) is 8.31. The summed E-state index contributed by atoms with van der Waals surface area (Å²) in [6.07, 6.45) is -0.873. The molecule has 2 aromatic rings. The SMILES string of the molecule is Cc1cc(C(=O)N(C)C(C)c2cnc(OCC(F)F)c(C)c2)cc(CC(=O)C(C)C)n1. The maximum absolute atomic E-state index is 13.1. The Morgan fingerprint density at radius 3 is 2.39 bits per heavy atom. The molecule has 0 aliphatic rings. The van der Waals surface area contributed by atoms with Gasteiger partial charge in [-0.05, 0) is 44.5 Å². The summed E-state index contributed by atoms with van der Waals surface area (Å²) >= 11 is 0. The summed E-state index contributed by atoms with van der Waals surface area (Å²) in [6, 6.07) is 4.80. The molecule has 2 rings (SSSR count). The minimum atomic E-state index is -2.58. The number of nitrogens with zero attached hydrogens (tertiary/aromatic N) is 3. The number of ketones is 1. The van der Waals surface area contributed by atoms with Gasteiger partial charge in [-0.2, -0.15) is 0 Å². The molecular formula is C23H29F2N3O3. The number of halogens is 2. The van der Waals surface area contributed by atoms with Gasteiger partial charge in [0, 0.05) is 48.1 Å². The maximum atomic E-state index is 13.1. The van der Waals surface area contributed by atoms with Crippen LogP contribution in [-0.4, -0.2) is 46.6 Å². The van der Waals surface area contributed by atoms with Gasteiger partial charge in [-0.1, -0.05) is 13.8 Å². The van der Waals surface area contributed by atoms with Gasteiger partial charge in [0.15, 0.2) is 6.61 Å². The second-order valence-electron chi connectivity index (χ2n) is 7.97. The lowest BCUT2D eigenvalue weighted by Crippen LogP contribution is -2.30. The van der Waals surface area contributed by atoms with Crippen LogP contribution >= 0.6 is 0 Å². The van der Waals surface area contributed by atoms with Crippen LogP contribution in [0.4, 0.5) is 8.78 Å². The molecule has 0 radical (unpaired) electrons. The van der Waals surface area contributed by atoms with Crippen LogP contribution in [0.3, 0.4) is 0 Å². The van der Waals surface area contributed by atoms with Gasteiger partial charge in [-0.15, -0.1) is 0 Å². The van der Waals surface area contributed by atoms with Gasteiger partial charge in [0.1, 0.15) is 5.78 Å². The number of aromatic nitrogens is 2. The van der Waals surface area contributed by atoms with Gasteiger partial charge < -0.3 is 9.64 Å². The Morgan fingerprint density at radius 2 is 1.81 bits per heavy atom. The number of rotatable bonds is 9. The van der Waals surface area contributed by atoms with Gasteiger partial charge >= 0.3 is 0 Å². The fraction of sp³-hybridized carbons (Fsp3) is 0.478. The lowest BCUT2D eigenvalue weighted by molar-refractivity contribution is -0.121. The average molecular weight is 433 g/mol. The Bertz CT molecular complexity index is 948. The predicted octanol–water partition coefficient (Wildman–Crippen LogP) is 4.34. The molecule has 1 amide bonds. The predicted molar refractivity (Wildman–Crippen MR) is 114 cm³/mol. The molecule has 0 bridgehead atoms.